The topological polar surface area (TPSA) is 41.3 Å². The van der Waals surface area contributed by atoms with Crippen molar-refractivity contribution in [3.8, 4) is 0 Å². The molecule has 1 atom stereocenters. The van der Waals surface area contributed by atoms with Gasteiger partial charge in [0, 0.05) is 12.6 Å². The van der Waals surface area contributed by atoms with Crippen molar-refractivity contribution in [2.75, 3.05) is 20.6 Å². The molecule has 18 heavy (non-hydrogen) atoms. The van der Waals surface area contributed by atoms with Crippen LogP contribution in [0.5, 0.6) is 0 Å². The number of aliphatic hydroxyl groups excluding tert-OH is 1. The van der Waals surface area contributed by atoms with Crippen molar-refractivity contribution in [1.82, 2.24) is 14.7 Å². The zero-order valence-electron chi connectivity index (χ0n) is 12.1. The Labute approximate surface area is 111 Å². The first-order valence-electron chi connectivity index (χ1n) is 6.93. The van der Waals surface area contributed by atoms with Crippen LogP contribution in [0.3, 0.4) is 0 Å². The Kier molecular flexibility index (Phi) is 6.36. The molecule has 0 aliphatic heterocycles. The van der Waals surface area contributed by atoms with Crippen LogP contribution in [0.15, 0.2) is 12.3 Å². The van der Waals surface area contributed by atoms with Gasteiger partial charge in [-0.3, -0.25) is 4.68 Å². The van der Waals surface area contributed by atoms with E-state index in [-0.39, 0.29) is 6.10 Å². The third kappa shape index (κ3) is 4.78. The molecule has 1 unspecified atom stereocenters. The number of hydrogen-bond donors (Lipinski definition) is 1. The summed E-state index contributed by atoms with van der Waals surface area (Å²) in [7, 11) is 4.04. The summed E-state index contributed by atoms with van der Waals surface area (Å²) in [4.78, 5) is 2.09. The maximum atomic E-state index is 9.94. The summed E-state index contributed by atoms with van der Waals surface area (Å²) in [6.07, 6.45) is 5.39. The van der Waals surface area contributed by atoms with E-state index in [1.165, 1.54) is 0 Å². The lowest BCUT2D eigenvalue weighted by Gasteiger charge is -2.14. The van der Waals surface area contributed by atoms with E-state index < -0.39 is 0 Å². The van der Waals surface area contributed by atoms with Gasteiger partial charge in [-0.1, -0.05) is 13.8 Å². The Morgan fingerprint density at radius 1 is 1.33 bits per heavy atom. The summed E-state index contributed by atoms with van der Waals surface area (Å²) >= 11 is 0. The normalized spacial score (nSPS) is 13.5. The van der Waals surface area contributed by atoms with Gasteiger partial charge in [0.2, 0.25) is 0 Å². The van der Waals surface area contributed by atoms with Gasteiger partial charge < -0.3 is 10.0 Å². The predicted octanol–water partition coefficient (Wildman–Crippen LogP) is 2.10. The van der Waals surface area contributed by atoms with Gasteiger partial charge in [0.25, 0.3) is 0 Å². The minimum Gasteiger partial charge on any atom is -0.393 e. The number of rotatable bonds is 8. The average Bonchev–Trinajstić information content (AvgIpc) is 2.76. The van der Waals surface area contributed by atoms with Crippen molar-refractivity contribution < 1.29 is 5.11 Å². The standard InChI is InChI=1S/C14H27N3O/c1-5-13(6-2)17-10-7-12(15-17)11-14(18)8-9-16(3)4/h7,10,13-14,18H,5-6,8-9,11H2,1-4H3. The van der Waals surface area contributed by atoms with Gasteiger partial charge in [-0.2, -0.15) is 5.10 Å². The molecule has 0 saturated heterocycles. The fourth-order valence-corrected chi connectivity index (χ4v) is 2.10. The molecule has 0 spiro atoms. The highest BCUT2D eigenvalue weighted by molar-refractivity contribution is 5.01. The first-order chi connectivity index (χ1) is 8.56. The molecule has 4 heteroatoms. The summed E-state index contributed by atoms with van der Waals surface area (Å²) in [6.45, 7) is 5.28. The lowest BCUT2D eigenvalue weighted by Crippen LogP contribution is -2.21. The van der Waals surface area contributed by atoms with E-state index in [0.717, 1.165) is 31.5 Å². The molecular weight excluding hydrogens is 226 g/mol. The van der Waals surface area contributed by atoms with Crippen LogP contribution in [0.2, 0.25) is 0 Å². The highest BCUT2D eigenvalue weighted by Crippen LogP contribution is 2.15. The Morgan fingerprint density at radius 2 is 2.00 bits per heavy atom. The van der Waals surface area contributed by atoms with Crippen LogP contribution in [0.25, 0.3) is 0 Å². The van der Waals surface area contributed by atoms with E-state index in [1.54, 1.807) is 0 Å². The van der Waals surface area contributed by atoms with E-state index in [1.807, 2.05) is 31.0 Å². The van der Waals surface area contributed by atoms with Crippen molar-refractivity contribution in [2.45, 2.75) is 51.7 Å². The van der Waals surface area contributed by atoms with E-state index in [2.05, 4.69) is 23.8 Å². The Balaban J connectivity index is 2.48. The van der Waals surface area contributed by atoms with Gasteiger partial charge in [0.1, 0.15) is 0 Å². The van der Waals surface area contributed by atoms with Crippen LogP contribution < -0.4 is 0 Å². The van der Waals surface area contributed by atoms with E-state index in [4.69, 9.17) is 0 Å². The zero-order chi connectivity index (χ0) is 13.5. The van der Waals surface area contributed by atoms with Crippen molar-refractivity contribution in [3.63, 3.8) is 0 Å². The molecule has 0 aliphatic carbocycles. The monoisotopic (exact) mass is 253 g/mol. The Morgan fingerprint density at radius 3 is 2.56 bits per heavy atom. The van der Waals surface area contributed by atoms with Crippen LogP contribution in [0.4, 0.5) is 0 Å². The van der Waals surface area contributed by atoms with Crippen molar-refractivity contribution in [2.24, 2.45) is 0 Å². The highest BCUT2D eigenvalue weighted by atomic mass is 16.3. The van der Waals surface area contributed by atoms with Gasteiger partial charge in [-0.15, -0.1) is 0 Å². The van der Waals surface area contributed by atoms with Gasteiger partial charge in [0.15, 0.2) is 0 Å². The summed E-state index contributed by atoms with van der Waals surface area (Å²) in [6, 6.07) is 2.51. The van der Waals surface area contributed by atoms with Gasteiger partial charge in [0.05, 0.1) is 17.8 Å². The predicted molar refractivity (Wildman–Crippen MR) is 74.7 cm³/mol. The lowest BCUT2D eigenvalue weighted by molar-refractivity contribution is 0.151. The fourth-order valence-electron chi connectivity index (χ4n) is 2.10. The van der Waals surface area contributed by atoms with Crippen LogP contribution in [0, 0.1) is 0 Å². The Bertz CT molecular complexity index is 332. The quantitative estimate of drug-likeness (QED) is 0.771. The minimum atomic E-state index is -0.294. The molecular formula is C14H27N3O. The van der Waals surface area contributed by atoms with Crippen molar-refractivity contribution in [1.29, 1.82) is 0 Å². The van der Waals surface area contributed by atoms with Crippen LogP contribution in [-0.4, -0.2) is 46.5 Å². The molecule has 1 N–H and O–H groups in total. The van der Waals surface area contributed by atoms with Gasteiger partial charge in [-0.05, 0) is 46.0 Å². The summed E-state index contributed by atoms with van der Waals surface area (Å²) in [5.41, 5.74) is 0.994. The van der Waals surface area contributed by atoms with Crippen LogP contribution in [-0.2, 0) is 6.42 Å². The Hall–Kier alpha value is -0.870. The molecule has 1 aromatic rings. The average molecular weight is 253 g/mol. The van der Waals surface area contributed by atoms with Gasteiger partial charge >= 0.3 is 0 Å². The van der Waals surface area contributed by atoms with Crippen LogP contribution in [0.1, 0.15) is 44.8 Å². The third-order valence-electron chi connectivity index (χ3n) is 3.33. The summed E-state index contributed by atoms with van der Waals surface area (Å²) in [5.74, 6) is 0. The lowest BCUT2D eigenvalue weighted by atomic mass is 10.1. The summed E-state index contributed by atoms with van der Waals surface area (Å²) in [5, 5.41) is 14.5. The van der Waals surface area contributed by atoms with E-state index in [0.29, 0.717) is 12.5 Å². The molecule has 1 aromatic heterocycles. The molecule has 0 aromatic carbocycles. The largest absolute Gasteiger partial charge is 0.393 e. The maximum absolute atomic E-state index is 9.94. The maximum Gasteiger partial charge on any atom is 0.0650 e. The van der Waals surface area contributed by atoms with Crippen LogP contribution >= 0.6 is 0 Å². The zero-order valence-corrected chi connectivity index (χ0v) is 12.1. The minimum absolute atomic E-state index is 0.294. The summed E-state index contributed by atoms with van der Waals surface area (Å²) < 4.78 is 2.04. The third-order valence-corrected chi connectivity index (χ3v) is 3.33. The second kappa shape index (κ2) is 7.54. The van der Waals surface area contributed by atoms with Gasteiger partial charge in [-0.25, -0.2) is 0 Å². The number of hydrogen-bond acceptors (Lipinski definition) is 3. The number of aromatic nitrogens is 2. The SMILES string of the molecule is CCC(CC)n1ccc(CC(O)CCN(C)C)n1. The number of nitrogens with zero attached hydrogens (tertiary/aromatic N) is 3. The molecule has 0 bridgehead atoms. The molecule has 0 amide bonds. The van der Waals surface area contributed by atoms with E-state index >= 15 is 0 Å². The van der Waals surface area contributed by atoms with Crippen molar-refractivity contribution >= 4 is 0 Å². The molecule has 1 heterocycles. The second-order valence-corrected chi connectivity index (χ2v) is 5.21. The first-order valence-corrected chi connectivity index (χ1v) is 6.93. The molecule has 0 saturated carbocycles. The molecule has 4 nitrogen and oxygen atoms in total. The molecule has 0 fully saturated rings. The molecule has 1 rings (SSSR count). The first kappa shape index (κ1) is 15.2. The molecule has 0 aliphatic rings. The second-order valence-electron chi connectivity index (χ2n) is 5.21. The molecule has 0 radical (unpaired) electrons. The fraction of sp³-hybridized carbons (Fsp3) is 0.786. The van der Waals surface area contributed by atoms with Crippen molar-refractivity contribution in [3.05, 3.63) is 18.0 Å². The smallest absolute Gasteiger partial charge is 0.0650 e. The number of aliphatic hydroxyl groups is 1. The highest BCUT2D eigenvalue weighted by Gasteiger charge is 2.11. The molecule has 104 valence electrons. The van der Waals surface area contributed by atoms with E-state index in [9.17, 15) is 5.11 Å².